The van der Waals surface area contributed by atoms with E-state index in [4.69, 9.17) is 14.2 Å². The Balaban J connectivity index is 4.38. The van der Waals surface area contributed by atoms with E-state index in [-0.39, 0.29) is 31.1 Å². The number of carbonyl (C=O) groups is 3. The molecule has 6 nitrogen and oxygen atoms in total. The van der Waals surface area contributed by atoms with Crippen molar-refractivity contribution < 1.29 is 28.6 Å². The Morgan fingerprint density at radius 1 is 0.323 bits per heavy atom. The molecule has 0 aromatic carbocycles. The molecular formula is C56H102O6. The molecule has 0 amide bonds. The standard InChI is InChI=1S/C56H102O6/c1-4-7-10-13-16-19-22-25-28-31-34-37-40-43-46-49-55(58)61-52-53(51-60-54(57)48-45-42-39-36-33-30-27-24-21-18-15-12-9-6-3)62-56(59)50-47-44-41-38-35-32-29-26-23-20-17-14-11-8-5-2/h16,19,24-25,27-28,53H,4-15,17-18,20-23,26,29-52H2,1-3H3/b19-16-,27-24-,28-25-/t53-/m1/s1. The second-order valence-corrected chi connectivity index (χ2v) is 18.1. The molecule has 0 aromatic heterocycles. The number of allylic oxidation sites excluding steroid dienone is 6. The molecule has 0 aromatic rings. The second-order valence-electron chi connectivity index (χ2n) is 18.1. The van der Waals surface area contributed by atoms with E-state index in [1.807, 2.05) is 0 Å². The largest absolute Gasteiger partial charge is 0.462 e. The van der Waals surface area contributed by atoms with E-state index in [0.29, 0.717) is 19.3 Å². The van der Waals surface area contributed by atoms with Crippen LogP contribution in [0.5, 0.6) is 0 Å². The number of rotatable bonds is 49. The topological polar surface area (TPSA) is 78.9 Å². The number of ether oxygens (including phenoxy) is 3. The fourth-order valence-corrected chi connectivity index (χ4v) is 7.76. The third-order valence-electron chi connectivity index (χ3n) is 11.9. The van der Waals surface area contributed by atoms with Crippen molar-refractivity contribution in [2.24, 2.45) is 0 Å². The summed E-state index contributed by atoms with van der Waals surface area (Å²) in [4.78, 5) is 38.0. The molecule has 362 valence electrons. The molecule has 0 aliphatic heterocycles. The summed E-state index contributed by atoms with van der Waals surface area (Å²) >= 11 is 0. The Morgan fingerprint density at radius 2 is 0.581 bits per heavy atom. The van der Waals surface area contributed by atoms with E-state index in [1.165, 1.54) is 161 Å². The highest BCUT2D eigenvalue weighted by atomic mass is 16.6. The van der Waals surface area contributed by atoms with Crippen molar-refractivity contribution in [3.05, 3.63) is 36.5 Å². The molecule has 0 radical (unpaired) electrons. The van der Waals surface area contributed by atoms with E-state index >= 15 is 0 Å². The van der Waals surface area contributed by atoms with E-state index in [0.717, 1.165) is 83.5 Å². The minimum Gasteiger partial charge on any atom is -0.462 e. The van der Waals surface area contributed by atoms with Crippen molar-refractivity contribution in [3.8, 4) is 0 Å². The summed E-state index contributed by atoms with van der Waals surface area (Å²) in [6.45, 7) is 6.61. The van der Waals surface area contributed by atoms with Gasteiger partial charge in [-0.15, -0.1) is 0 Å². The molecule has 0 bridgehead atoms. The fraction of sp³-hybridized carbons (Fsp3) is 0.839. The Labute approximate surface area is 385 Å². The molecule has 0 saturated carbocycles. The fourth-order valence-electron chi connectivity index (χ4n) is 7.76. The number of unbranched alkanes of at least 4 members (excludes halogenated alkanes) is 32. The minimum absolute atomic E-state index is 0.0780. The highest BCUT2D eigenvalue weighted by Gasteiger charge is 2.19. The van der Waals surface area contributed by atoms with E-state index in [9.17, 15) is 14.4 Å². The smallest absolute Gasteiger partial charge is 0.306 e. The van der Waals surface area contributed by atoms with Crippen LogP contribution in [0.25, 0.3) is 0 Å². The molecule has 0 saturated heterocycles. The maximum absolute atomic E-state index is 12.8. The molecule has 0 aliphatic carbocycles. The zero-order chi connectivity index (χ0) is 45.1. The lowest BCUT2D eigenvalue weighted by atomic mass is 10.0. The lowest BCUT2D eigenvalue weighted by Crippen LogP contribution is -2.30. The zero-order valence-electron chi connectivity index (χ0n) is 41.4. The van der Waals surface area contributed by atoms with Gasteiger partial charge in [0.05, 0.1) is 0 Å². The number of hydrogen-bond acceptors (Lipinski definition) is 6. The molecule has 0 aliphatic rings. The molecular weight excluding hydrogens is 769 g/mol. The molecule has 0 rings (SSSR count). The molecule has 0 spiro atoms. The summed E-state index contributed by atoms with van der Waals surface area (Å²) in [6, 6.07) is 0. The van der Waals surface area contributed by atoms with Crippen molar-refractivity contribution in [2.75, 3.05) is 13.2 Å². The summed E-state index contributed by atoms with van der Waals surface area (Å²) < 4.78 is 16.8. The number of esters is 3. The summed E-state index contributed by atoms with van der Waals surface area (Å²) in [5, 5.41) is 0. The maximum Gasteiger partial charge on any atom is 0.306 e. The molecule has 1 atom stereocenters. The molecule has 0 fully saturated rings. The van der Waals surface area contributed by atoms with Crippen LogP contribution in [0, 0.1) is 0 Å². The highest BCUT2D eigenvalue weighted by molar-refractivity contribution is 5.71. The third-order valence-corrected chi connectivity index (χ3v) is 11.9. The van der Waals surface area contributed by atoms with Crippen LogP contribution in [0.15, 0.2) is 36.5 Å². The van der Waals surface area contributed by atoms with Gasteiger partial charge in [-0.1, -0.05) is 224 Å². The number of hydrogen-bond donors (Lipinski definition) is 0. The van der Waals surface area contributed by atoms with Crippen molar-refractivity contribution in [1.82, 2.24) is 0 Å². The minimum atomic E-state index is -0.777. The monoisotopic (exact) mass is 871 g/mol. The number of carbonyl (C=O) groups excluding carboxylic acids is 3. The summed E-state index contributed by atoms with van der Waals surface area (Å²) in [7, 11) is 0. The Hall–Kier alpha value is -2.37. The van der Waals surface area contributed by atoms with Crippen molar-refractivity contribution in [1.29, 1.82) is 0 Å². The second kappa shape index (κ2) is 51.3. The quantitative estimate of drug-likeness (QED) is 0.0262. The van der Waals surface area contributed by atoms with Crippen LogP contribution >= 0.6 is 0 Å². The Kier molecular flexibility index (Phi) is 49.3. The normalized spacial score (nSPS) is 12.2. The van der Waals surface area contributed by atoms with Crippen molar-refractivity contribution in [2.45, 2.75) is 290 Å². The van der Waals surface area contributed by atoms with Crippen LogP contribution < -0.4 is 0 Å². The SMILES string of the molecule is CCCCC/C=C\C/C=C\CCCCCCCC(=O)OC[C@@H](COC(=O)CCCCCCC/C=C\CCCCCCC)OC(=O)CCCCCCCCCCCCCCCCC. The van der Waals surface area contributed by atoms with Gasteiger partial charge in [-0.05, 0) is 77.0 Å². The van der Waals surface area contributed by atoms with Gasteiger partial charge in [-0.2, -0.15) is 0 Å². The summed E-state index contributed by atoms with van der Waals surface area (Å²) in [5.74, 6) is -0.887. The van der Waals surface area contributed by atoms with Gasteiger partial charge in [0.15, 0.2) is 6.10 Å². The van der Waals surface area contributed by atoms with Gasteiger partial charge in [-0.25, -0.2) is 0 Å². The predicted octanol–water partition coefficient (Wildman–Crippen LogP) is 17.7. The predicted molar refractivity (Wildman–Crippen MR) is 266 cm³/mol. The lowest BCUT2D eigenvalue weighted by Gasteiger charge is -2.18. The Bertz CT molecular complexity index is 1050. The molecule has 6 heteroatoms. The molecule has 62 heavy (non-hydrogen) atoms. The van der Waals surface area contributed by atoms with Crippen LogP contribution in [0.3, 0.4) is 0 Å². The van der Waals surface area contributed by atoms with E-state index in [1.54, 1.807) is 0 Å². The van der Waals surface area contributed by atoms with Crippen LogP contribution in [-0.2, 0) is 28.6 Å². The first kappa shape index (κ1) is 59.6. The lowest BCUT2D eigenvalue weighted by molar-refractivity contribution is -0.167. The molecule has 0 unspecified atom stereocenters. The van der Waals surface area contributed by atoms with Gasteiger partial charge in [-0.3, -0.25) is 14.4 Å². The maximum atomic E-state index is 12.8. The first-order chi connectivity index (χ1) is 30.5. The van der Waals surface area contributed by atoms with Gasteiger partial charge >= 0.3 is 17.9 Å². The molecule has 0 N–H and O–H groups in total. The van der Waals surface area contributed by atoms with E-state index in [2.05, 4.69) is 57.2 Å². The van der Waals surface area contributed by atoms with Gasteiger partial charge in [0, 0.05) is 19.3 Å². The van der Waals surface area contributed by atoms with Crippen LogP contribution in [0.2, 0.25) is 0 Å². The van der Waals surface area contributed by atoms with Gasteiger partial charge in [0.1, 0.15) is 13.2 Å². The average Bonchev–Trinajstić information content (AvgIpc) is 3.27. The average molecular weight is 871 g/mol. The third kappa shape index (κ3) is 48.7. The van der Waals surface area contributed by atoms with Crippen LogP contribution in [0.4, 0.5) is 0 Å². The first-order valence-corrected chi connectivity index (χ1v) is 27.0. The van der Waals surface area contributed by atoms with Gasteiger partial charge in [0.2, 0.25) is 0 Å². The summed E-state index contributed by atoms with van der Waals surface area (Å²) in [5.41, 5.74) is 0. The highest BCUT2D eigenvalue weighted by Crippen LogP contribution is 2.16. The first-order valence-electron chi connectivity index (χ1n) is 27.0. The van der Waals surface area contributed by atoms with Crippen LogP contribution in [0.1, 0.15) is 284 Å². The van der Waals surface area contributed by atoms with Gasteiger partial charge in [0.25, 0.3) is 0 Å². The van der Waals surface area contributed by atoms with Crippen molar-refractivity contribution >= 4 is 17.9 Å². The van der Waals surface area contributed by atoms with E-state index < -0.39 is 6.10 Å². The molecule has 0 heterocycles. The zero-order valence-corrected chi connectivity index (χ0v) is 41.4. The van der Waals surface area contributed by atoms with Gasteiger partial charge < -0.3 is 14.2 Å². The Morgan fingerprint density at radius 3 is 0.935 bits per heavy atom. The van der Waals surface area contributed by atoms with Crippen molar-refractivity contribution in [3.63, 3.8) is 0 Å². The summed E-state index contributed by atoms with van der Waals surface area (Å²) in [6.07, 6.45) is 59.8. The van der Waals surface area contributed by atoms with Crippen LogP contribution in [-0.4, -0.2) is 37.2 Å².